The van der Waals surface area contributed by atoms with Crippen LogP contribution in [0, 0.1) is 0 Å². The number of carboxylic acid groups (broad SMARTS) is 1. The van der Waals surface area contributed by atoms with E-state index >= 15 is 0 Å². The van der Waals surface area contributed by atoms with E-state index < -0.39 is 18.6 Å². The Hall–Kier alpha value is -2.61. The number of hydrogen-bond donors (Lipinski definition) is 5. The first-order chi connectivity index (χ1) is 12.4. The smallest absolute Gasteiger partial charge is 0.325 e. The Morgan fingerprint density at radius 2 is 1.73 bits per heavy atom. The minimum Gasteiger partial charge on any atom is -0.508 e. The van der Waals surface area contributed by atoms with Crippen molar-refractivity contribution in [1.29, 1.82) is 0 Å². The van der Waals surface area contributed by atoms with Crippen molar-refractivity contribution in [3.8, 4) is 5.75 Å². The first-order valence-corrected chi connectivity index (χ1v) is 8.34. The van der Waals surface area contributed by atoms with Crippen LogP contribution in [0.5, 0.6) is 5.75 Å². The number of hydrogen-bond acceptors (Lipinski definition) is 6. The monoisotopic (exact) mass is 360 g/mol. The lowest BCUT2D eigenvalue weighted by molar-refractivity contribution is -0.136. The van der Waals surface area contributed by atoms with E-state index in [1.807, 2.05) is 19.1 Å². The predicted octanol–water partition coefficient (Wildman–Crippen LogP) is 1.93. The lowest BCUT2D eigenvalue weighted by Crippen LogP contribution is -2.33. The third-order valence-electron chi connectivity index (χ3n) is 4.11. The Bertz CT molecular complexity index is 703. The molecule has 0 radical (unpaired) electrons. The van der Waals surface area contributed by atoms with Gasteiger partial charge in [0.25, 0.3) is 0 Å². The molecule has 7 nitrogen and oxygen atoms in total. The van der Waals surface area contributed by atoms with Crippen molar-refractivity contribution >= 4 is 11.7 Å². The number of anilines is 1. The van der Waals surface area contributed by atoms with Crippen LogP contribution in [0.3, 0.4) is 0 Å². The van der Waals surface area contributed by atoms with Crippen molar-refractivity contribution in [1.82, 2.24) is 5.32 Å². The van der Waals surface area contributed by atoms with Crippen molar-refractivity contribution in [2.24, 2.45) is 0 Å². The average molecular weight is 360 g/mol. The fourth-order valence-electron chi connectivity index (χ4n) is 2.57. The molecule has 2 rings (SSSR count). The van der Waals surface area contributed by atoms with Crippen molar-refractivity contribution in [2.75, 3.05) is 18.2 Å². The van der Waals surface area contributed by atoms with Gasteiger partial charge in [-0.15, -0.1) is 0 Å². The zero-order valence-electron chi connectivity index (χ0n) is 14.5. The Morgan fingerprint density at radius 1 is 1.12 bits per heavy atom. The minimum atomic E-state index is -1.11. The van der Waals surface area contributed by atoms with Gasteiger partial charge in [-0.3, -0.25) is 10.0 Å². The number of rotatable bonds is 9. The Balaban J connectivity index is 1.81. The topological polar surface area (TPSA) is 113 Å². The molecule has 0 fully saturated rings. The molecule has 0 bridgehead atoms. The van der Waals surface area contributed by atoms with Gasteiger partial charge in [-0.05, 0) is 55.3 Å². The molecule has 2 atom stereocenters. The highest BCUT2D eigenvalue weighted by molar-refractivity contribution is 5.72. The summed E-state index contributed by atoms with van der Waals surface area (Å²) in [6, 6.07) is 13.3. The third-order valence-corrected chi connectivity index (χ3v) is 4.11. The second kappa shape index (κ2) is 9.19. The fraction of sp³-hybridized carbons (Fsp3) is 0.316. The van der Waals surface area contributed by atoms with Crippen molar-refractivity contribution in [2.45, 2.75) is 25.5 Å². The maximum absolute atomic E-state index is 10.6. The van der Waals surface area contributed by atoms with E-state index in [0.29, 0.717) is 17.3 Å². The number of phenolic OH excluding ortho intramolecular Hbond substituents is 1. The highest BCUT2D eigenvalue weighted by atomic mass is 16.5. The van der Waals surface area contributed by atoms with E-state index in [-0.39, 0.29) is 11.8 Å². The first kappa shape index (κ1) is 19.7. The number of carboxylic acids is 1. The standard InChI is InChI=1S/C19H24N2O5/c1-13(19(25)15-4-8-17(22)9-5-15)20-11-10-14-2-6-16(7-3-14)21(26)12-18(23)24/h2-9,13,19-20,22,25-26H,10-12H2,1H3,(H,23,24). The summed E-state index contributed by atoms with van der Waals surface area (Å²) in [6.45, 7) is 2.05. The normalized spacial score (nSPS) is 13.2. The van der Waals surface area contributed by atoms with E-state index in [0.717, 1.165) is 17.5 Å². The van der Waals surface area contributed by atoms with Gasteiger partial charge in [0.2, 0.25) is 0 Å². The van der Waals surface area contributed by atoms with Gasteiger partial charge in [-0.2, -0.15) is 0 Å². The summed E-state index contributed by atoms with van der Waals surface area (Å²) in [5, 5.41) is 41.8. The number of nitrogens with zero attached hydrogens (tertiary/aromatic N) is 1. The summed E-state index contributed by atoms with van der Waals surface area (Å²) < 4.78 is 0. The van der Waals surface area contributed by atoms with Gasteiger partial charge in [0.05, 0.1) is 11.8 Å². The van der Waals surface area contributed by atoms with Crippen LogP contribution in [-0.2, 0) is 11.2 Å². The number of benzene rings is 2. The van der Waals surface area contributed by atoms with Gasteiger partial charge >= 0.3 is 5.97 Å². The van der Waals surface area contributed by atoms with Gasteiger partial charge < -0.3 is 20.6 Å². The molecule has 0 aromatic heterocycles. The summed E-state index contributed by atoms with van der Waals surface area (Å²) in [5.41, 5.74) is 2.17. The Labute approximate surface area is 152 Å². The third kappa shape index (κ3) is 5.73. The summed E-state index contributed by atoms with van der Waals surface area (Å²) in [5.74, 6) is -0.947. The Morgan fingerprint density at radius 3 is 2.31 bits per heavy atom. The van der Waals surface area contributed by atoms with Gasteiger partial charge in [0, 0.05) is 6.04 Å². The second-order valence-corrected chi connectivity index (χ2v) is 6.15. The number of aromatic hydroxyl groups is 1. The maximum atomic E-state index is 10.6. The molecule has 0 saturated carbocycles. The molecule has 0 amide bonds. The van der Waals surface area contributed by atoms with Crippen molar-refractivity contribution < 1.29 is 25.3 Å². The number of phenols is 1. The minimum absolute atomic E-state index is 0.162. The van der Waals surface area contributed by atoms with Gasteiger partial charge in [-0.25, -0.2) is 5.06 Å². The Kier molecular flexibility index (Phi) is 6.97. The zero-order chi connectivity index (χ0) is 19.1. The molecular weight excluding hydrogens is 336 g/mol. The van der Waals surface area contributed by atoms with Gasteiger partial charge in [0.1, 0.15) is 12.3 Å². The van der Waals surface area contributed by atoms with Gasteiger partial charge in [-0.1, -0.05) is 24.3 Å². The van der Waals surface area contributed by atoms with Crippen LogP contribution in [0.4, 0.5) is 5.69 Å². The second-order valence-electron chi connectivity index (χ2n) is 6.15. The van der Waals surface area contributed by atoms with Crippen LogP contribution >= 0.6 is 0 Å². The number of hydroxylamine groups is 1. The molecule has 2 aromatic carbocycles. The van der Waals surface area contributed by atoms with Crippen LogP contribution in [0.25, 0.3) is 0 Å². The fourth-order valence-corrected chi connectivity index (χ4v) is 2.57. The van der Waals surface area contributed by atoms with Crippen LogP contribution in [0.2, 0.25) is 0 Å². The number of carbonyl (C=O) groups is 1. The van der Waals surface area contributed by atoms with Crippen LogP contribution in [0.15, 0.2) is 48.5 Å². The molecule has 0 aliphatic carbocycles. The number of aliphatic hydroxyl groups is 1. The SMILES string of the molecule is CC(NCCc1ccc(N(O)CC(=O)O)cc1)C(O)c1ccc(O)cc1. The molecule has 140 valence electrons. The summed E-state index contributed by atoms with van der Waals surface area (Å²) in [7, 11) is 0. The average Bonchev–Trinajstić information content (AvgIpc) is 2.61. The molecule has 0 aliphatic rings. The molecule has 2 unspecified atom stereocenters. The molecule has 2 aromatic rings. The largest absolute Gasteiger partial charge is 0.508 e. The lowest BCUT2D eigenvalue weighted by Gasteiger charge is -2.21. The quantitative estimate of drug-likeness (QED) is 0.434. The zero-order valence-corrected chi connectivity index (χ0v) is 14.5. The van der Waals surface area contributed by atoms with E-state index in [1.54, 1.807) is 36.4 Å². The van der Waals surface area contributed by atoms with Crippen LogP contribution in [-0.4, -0.2) is 45.6 Å². The summed E-state index contributed by atoms with van der Waals surface area (Å²) in [4.78, 5) is 10.6. The predicted molar refractivity (Wildman–Crippen MR) is 97.4 cm³/mol. The number of aliphatic carboxylic acids is 1. The van der Waals surface area contributed by atoms with E-state index in [4.69, 9.17) is 5.11 Å². The number of nitrogens with one attached hydrogen (secondary N) is 1. The molecule has 0 heterocycles. The molecule has 0 saturated heterocycles. The summed E-state index contributed by atoms with van der Waals surface area (Å²) >= 11 is 0. The van der Waals surface area contributed by atoms with Crippen molar-refractivity contribution in [3.05, 3.63) is 59.7 Å². The summed E-state index contributed by atoms with van der Waals surface area (Å²) in [6.07, 6.45) is 0.0361. The molecule has 7 heteroatoms. The first-order valence-electron chi connectivity index (χ1n) is 8.34. The van der Waals surface area contributed by atoms with Crippen LogP contribution in [0.1, 0.15) is 24.2 Å². The molecular formula is C19H24N2O5. The lowest BCUT2D eigenvalue weighted by atomic mass is 10.0. The van der Waals surface area contributed by atoms with Gasteiger partial charge in [0.15, 0.2) is 0 Å². The molecule has 0 spiro atoms. The highest BCUT2D eigenvalue weighted by Gasteiger charge is 2.15. The van der Waals surface area contributed by atoms with E-state index in [9.17, 15) is 20.2 Å². The highest BCUT2D eigenvalue weighted by Crippen LogP contribution is 2.19. The molecule has 5 N–H and O–H groups in total. The van der Waals surface area contributed by atoms with E-state index in [1.165, 1.54) is 0 Å². The maximum Gasteiger partial charge on any atom is 0.325 e. The molecule has 26 heavy (non-hydrogen) atoms. The number of aliphatic hydroxyl groups excluding tert-OH is 1. The molecule has 0 aliphatic heterocycles. The van der Waals surface area contributed by atoms with Crippen molar-refractivity contribution in [3.63, 3.8) is 0 Å². The van der Waals surface area contributed by atoms with Crippen LogP contribution < -0.4 is 10.4 Å². The van der Waals surface area contributed by atoms with E-state index in [2.05, 4.69) is 5.32 Å².